The van der Waals surface area contributed by atoms with E-state index >= 15 is 0 Å². The molecule has 1 unspecified atom stereocenters. The molecule has 0 saturated heterocycles. The van der Waals surface area contributed by atoms with Crippen molar-refractivity contribution >= 4 is 11.7 Å². The molecular weight excluding hydrogens is 254 g/mol. The second kappa shape index (κ2) is 6.23. The number of benzene rings is 1. The lowest BCUT2D eigenvalue weighted by Crippen LogP contribution is -2.18. The first-order valence-corrected chi connectivity index (χ1v) is 6.65. The standard InChI is InChI=1S/C15H19N3O2/c1-4-11(2)18-14(9-10-16-18)17-15(19)12-7-5-6-8-13(12)20-3/h5-11H,4H2,1-3H3,(H,17,19). The van der Waals surface area contributed by atoms with Crippen LogP contribution < -0.4 is 10.1 Å². The van der Waals surface area contributed by atoms with Gasteiger partial charge in [0, 0.05) is 6.07 Å². The van der Waals surface area contributed by atoms with Crippen molar-refractivity contribution in [2.24, 2.45) is 0 Å². The number of carbonyl (C=O) groups is 1. The van der Waals surface area contributed by atoms with Gasteiger partial charge in [-0.2, -0.15) is 5.10 Å². The fourth-order valence-corrected chi connectivity index (χ4v) is 1.95. The quantitative estimate of drug-likeness (QED) is 0.910. The molecule has 1 aromatic heterocycles. The van der Waals surface area contributed by atoms with Crippen LogP contribution in [0.3, 0.4) is 0 Å². The van der Waals surface area contributed by atoms with Gasteiger partial charge in [-0.3, -0.25) is 4.79 Å². The van der Waals surface area contributed by atoms with Crippen LogP contribution in [0.15, 0.2) is 36.5 Å². The Kier molecular flexibility index (Phi) is 4.40. The number of ether oxygens (including phenoxy) is 1. The highest BCUT2D eigenvalue weighted by molar-refractivity contribution is 6.05. The molecule has 1 heterocycles. The van der Waals surface area contributed by atoms with Crippen molar-refractivity contribution in [3.8, 4) is 5.75 Å². The molecule has 0 aliphatic heterocycles. The summed E-state index contributed by atoms with van der Waals surface area (Å²) in [6.07, 6.45) is 2.63. The van der Waals surface area contributed by atoms with Gasteiger partial charge < -0.3 is 10.1 Å². The van der Waals surface area contributed by atoms with E-state index in [4.69, 9.17) is 4.74 Å². The molecule has 1 aromatic carbocycles. The van der Waals surface area contributed by atoms with Gasteiger partial charge in [-0.15, -0.1) is 0 Å². The van der Waals surface area contributed by atoms with Crippen LogP contribution in [-0.4, -0.2) is 22.8 Å². The molecule has 0 radical (unpaired) electrons. The van der Waals surface area contributed by atoms with E-state index in [9.17, 15) is 4.79 Å². The Labute approximate surface area is 118 Å². The van der Waals surface area contributed by atoms with E-state index in [1.807, 2.05) is 16.8 Å². The number of hydrogen-bond acceptors (Lipinski definition) is 3. The lowest BCUT2D eigenvalue weighted by Gasteiger charge is -2.14. The van der Waals surface area contributed by atoms with Crippen LogP contribution in [0.4, 0.5) is 5.82 Å². The molecule has 0 aliphatic rings. The number of anilines is 1. The SMILES string of the molecule is CCC(C)n1nccc1NC(=O)c1ccccc1OC. The van der Waals surface area contributed by atoms with Crippen molar-refractivity contribution in [2.75, 3.05) is 12.4 Å². The monoisotopic (exact) mass is 273 g/mol. The zero-order chi connectivity index (χ0) is 14.5. The molecule has 20 heavy (non-hydrogen) atoms. The minimum atomic E-state index is -0.201. The van der Waals surface area contributed by atoms with Gasteiger partial charge in [0.2, 0.25) is 0 Å². The lowest BCUT2D eigenvalue weighted by molar-refractivity contribution is 0.102. The van der Waals surface area contributed by atoms with Gasteiger partial charge in [-0.05, 0) is 25.5 Å². The first-order valence-electron chi connectivity index (χ1n) is 6.65. The van der Waals surface area contributed by atoms with Gasteiger partial charge >= 0.3 is 0 Å². The number of methoxy groups -OCH3 is 1. The first kappa shape index (κ1) is 14.1. The van der Waals surface area contributed by atoms with Gasteiger partial charge in [0.15, 0.2) is 0 Å². The van der Waals surface area contributed by atoms with Crippen molar-refractivity contribution in [3.05, 3.63) is 42.1 Å². The number of hydrogen-bond donors (Lipinski definition) is 1. The summed E-state index contributed by atoms with van der Waals surface area (Å²) < 4.78 is 7.01. The van der Waals surface area contributed by atoms with E-state index in [1.54, 1.807) is 31.5 Å². The first-order chi connectivity index (χ1) is 9.67. The zero-order valence-corrected chi connectivity index (χ0v) is 12.0. The van der Waals surface area contributed by atoms with Crippen molar-refractivity contribution in [2.45, 2.75) is 26.3 Å². The van der Waals surface area contributed by atoms with E-state index < -0.39 is 0 Å². The van der Waals surface area contributed by atoms with Crippen molar-refractivity contribution in [1.29, 1.82) is 0 Å². The largest absolute Gasteiger partial charge is 0.496 e. The molecule has 2 rings (SSSR count). The smallest absolute Gasteiger partial charge is 0.260 e. The molecule has 0 saturated carbocycles. The van der Waals surface area contributed by atoms with E-state index in [-0.39, 0.29) is 11.9 Å². The van der Waals surface area contributed by atoms with Crippen LogP contribution in [0.5, 0.6) is 5.75 Å². The average molecular weight is 273 g/mol. The summed E-state index contributed by atoms with van der Waals surface area (Å²) >= 11 is 0. The Hall–Kier alpha value is -2.30. The van der Waals surface area contributed by atoms with Gasteiger partial charge in [0.1, 0.15) is 11.6 Å². The zero-order valence-electron chi connectivity index (χ0n) is 12.0. The minimum Gasteiger partial charge on any atom is -0.496 e. The molecule has 0 fully saturated rings. The van der Waals surface area contributed by atoms with Crippen LogP contribution in [0.25, 0.3) is 0 Å². The molecule has 0 spiro atoms. The van der Waals surface area contributed by atoms with Gasteiger partial charge in [0.25, 0.3) is 5.91 Å². The molecule has 5 heteroatoms. The van der Waals surface area contributed by atoms with Crippen LogP contribution in [0, 0.1) is 0 Å². The number of amides is 1. The summed E-state index contributed by atoms with van der Waals surface area (Å²) in [6, 6.07) is 9.17. The summed E-state index contributed by atoms with van der Waals surface area (Å²) in [4.78, 5) is 12.3. The van der Waals surface area contributed by atoms with E-state index in [1.165, 1.54) is 0 Å². The lowest BCUT2D eigenvalue weighted by atomic mass is 10.2. The Morgan fingerprint density at radius 3 is 2.85 bits per heavy atom. The Morgan fingerprint density at radius 2 is 2.15 bits per heavy atom. The number of nitrogens with one attached hydrogen (secondary N) is 1. The van der Waals surface area contributed by atoms with Gasteiger partial charge in [-0.1, -0.05) is 19.1 Å². The Morgan fingerprint density at radius 1 is 1.40 bits per heavy atom. The van der Waals surface area contributed by atoms with E-state index in [0.717, 1.165) is 6.42 Å². The molecule has 5 nitrogen and oxygen atoms in total. The fraction of sp³-hybridized carbons (Fsp3) is 0.333. The number of para-hydroxylation sites is 1. The maximum atomic E-state index is 12.3. The normalized spacial score (nSPS) is 11.9. The van der Waals surface area contributed by atoms with Crippen LogP contribution >= 0.6 is 0 Å². The van der Waals surface area contributed by atoms with E-state index in [0.29, 0.717) is 17.1 Å². The third-order valence-electron chi connectivity index (χ3n) is 3.27. The second-order valence-corrected chi connectivity index (χ2v) is 4.57. The highest BCUT2D eigenvalue weighted by atomic mass is 16.5. The number of nitrogens with zero attached hydrogens (tertiary/aromatic N) is 2. The maximum absolute atomic E-state index is 12.3. The predicted molar refractivity (Wildman–Crippen MR) is 78.2 cm³/mol. The molecule has 2 aromatic rings. The molecular formula is C15H19N3O2. The van der Waals surface area contributed by atoms with Crippen LogP contribution in [0.1, 0.15) is 36.7 Å². The highest BCUT2D eigenvalue weighted by Gasteiger charge is 2.15. The van der Waals surface area contributed by atoms with Gasteiger partial charge in [0.05, 0.1) is 24.9 Å². The molecule has 1 amide bonds. The summed E-state index contributed by atoms with van der Waals surface area (Å²) in [5.74, 6) is 1.04. The van der Waals surface area contributed by atoms with Crippen LogP contribution in [-0.2, 0) is 0 Å². The minimum absolute atomic E-state index is 0.201. The second-order valence-electron chi connectivity index (χ2n) is 4.57. The summed E-state index contributed by atoms with van der Waals surface area (Å²) in [7, 11) is 1.55. The highest BCUT2D eigenvalue weighted by Crippen LogP contribution is 2.21. The Balaban J connectivity index is 2.22. The fourth-order valence-electron chi connectivity index (χ4n) is 1.95. The predicted octanol–water partition coefficient (Wildman–Crippen LogP) is 3.12. The van der Waals surface area contributed by atoms with Crippen LogP contribution in [0.2, 0.25) is 0 Å². The summed E-state index contributed by atoms with van der Waals surface area (Å²) in [5.41, 5.74) is 0.506. The molecule has 106 valence electrons. The average Bonchev–Trinajstić information content (AvgIpc) is 2.94. The summed E-state index contributed by atoms with van der Waals surface area (Å²) in [6.45, 7) is 4.14. The maximum Gasteiger partial charge on any atom is 0.260 e. The van der Waals surface area contributed by atoms with E-state index in [2.05, 4.69) is 24.3 Å². The third kappa shape index (κ3) is 2.82. The third-order valence-corrected chi connectivity index (χ3v) is 3.27. The molecule has 1 N–H and O–H groups in total. The number of carbonyl (C=O) groups excluding carboxylic acids is 1. The van der Waals surface area contributed by atoms with Crippen molar-refractivity contribution in [3.63, 3.8) is 0 Å². The van der Waals surface area contributed by atoms with Crippen molar-refractivity contribution < 1.29 is 9.53 Å². The molecule has 0 aliphatic carbocycles. The Bertz CT molecular complexity index is 592. The number of rotatable bonds is 5. The van der Waals surface area contributed by atoms with Gasteiger partial charge in [-0.25, -0.2) is 4.68 Å². The number of aromatic nitrogens is 2. The topological polar surface area (TPSA) is 56.2 Å². The van der Waals surface area contributed by atoms with Crippen molar-refractivity contribution in [1.82, 2.24) is 9.78 Å². The molecule has 1 atom stereocenters. The summed E-state index contributed by atoms with van der Waals surface area (Å²) in [5, 5.41) is 7.13. The molecule has 0 bridgehead atoms.